The maximum Gasteiger partial charge on any atom is 0.339 e. The van der Waals surface area contributed by atoms with Gasteiger partial charge in [-0.05, 0) is 37.2 Å². The number of imide groups is 1. The SMILES string of the molecule is CCCCCCCCCCCCNCN(C(=O)NN)C(=O)c1ccc(O)cc1. The van der Waals surface area contributed by atoms with E-state index in [0.717, 1.165) is 24.3 Å². The number of carbonyl (C=O) groups is 2. The second kappa shape index (κ2) is 14.9. The summed E-state index contributed by atoms with van der Waals surface area (Å²) in [6.07, 6.45) is 12.6. The first-order chi connectivity index (χ1) is 13.6. The molecule has 0 spiro atoms. The number of hydrogen-bond donors (Lipinski definition) is 4. The molecule has 158 valence electrons. The first-order valence-electron chi connectivity index (χ1n) is 10.4. The zero-order valence-corrected chi connectivity index (χ0v) is 17.1. The molecule has 0 aliphatic rings. The number of phenolic OH excluding ortho intramolecular Hbond substituents is 1. The number of nitrogens with two attached hydrogens (primary N) is 1. The predicted octanol–water partition coefficient (Wildman–Crippen LogP) is 3.89. The van der Waals surface area contributed by atoms with Crippen LogP contribution in [0.25, 0.3) is 0 Å². The molecule has 0 aliphatic carbocycles. The van der Waals surface area contributed by atoms with Crippen LogP contribution in [0.15, 0.2) is 24.3 Å². The number of aromatic hydroxyl groups is 1. The monoisotopic (exact) mass is 392 g/mol. The van der Waals surface area contributed by atoms with Crippen molar-refractivity contribution in [3.05, 3.63) is 29.8 Å². The van der Waals surface area contributed by atoms with Gasteiger partial charge in [0.15, 0.2) is 0 Å². The van der Waals surface area contributed by atoms with Gasteiger partial charge in [-0.1, -0.05) is 64.7 Å². The van der Waals surface area contributed by atoms with Gasteiger partial charge in [0.1, 0.15) is 5.75 Å². The van der Waals surface area contributed by atoms with Crippen LogP contribution in [0.4, 0.5) is 4.79 Å². The second-order valence-electron chi connectivity index (χ2n) is 7.07. The molecule has 7 nitrogen and oxygen atoms in total. The molecule has 28 heavy (non-hydrogen) atoms. The van der Waals surface area contributed by atoms with Crippen molar-refractivity contribution in [2.45, 2.75) is 71.1 Å². The molecule has 0 atom stereocenters. The van der Waals surface area contributed by atoms with E-state index >= 15 is 0 Å². The van der Waals surface area contributed by atoms with Gasteiger partial charge in [0, 0.05) is 5.56 Å². The molecule has 0 fully saturated rings. The van der Waals surface area contributed by atoms with Crippen LogP contribution in [0, 0.1) is 0 Å². The summed E-state index contributed by atoms with van der Waals surface area (Å²) in [6, 6.07) is 5.08. The van der Waals surface area contributed by atoms with Crippen LogP contribution in [-0.4, -0.2) is 35.2 Å². The Morgan fingerprint density at radius 1 is 0.929 bits per heavy atom. The number of amides is 3. The molecule has 1 aromatic carbocycles. The van der Waals surface area contributed by atoms with Gasteiger partial charge in [-0.15, -0.1) is 0 Å². The van der Waals surface area contributed by atoms with E-state index in [1.807, 2.05) is 5.43 Å². The van der Waals surface area contributed by atoms with Crippen molar-refractivity contribution in [2.24, 2.45) is 5.84 Å². The molecule has 3 amide bonds. The smallest absolute Gasteiger partial charge is 0.339 e. The highest BCUT2D eigenvalue weighted by atomic mass is 16.3. The Labute approximate surface area is 168 Å². The summed E-state index contributed by atoms with van der Waals surface area (Å²) in [7, 11) is 0. The fourth-order valence-corrected chi connectivity index (χ4v) is 3.00. The van der Waals surface area contributed by atoms with Crippen molar-refractivity contribution in [2.75, 3.05) is 13.2 Å². The molecule has 5 N–H and O–H groups in total. The van der Waals surface area contributed by atoms with Crippen LogP contribution in [0.1, 0.15) is 81.5 Å². The van der Waals surface area contributed by atoms with Crippen molar-refractivity contribution >= 4 is 11.9 Å². The molecular weight excluding hydrogens is 356 g/mol. The molecule has 0 radical (unpaired) electrons. The summed E-state index contributed by atoms with van der Waals surface area (Å²) in [5.74, 6) is 4.78. The van der Waals surface area contributed by atoms with Crippen LogP contribution in [0.3, 0.4) is 0 Å². The summed E-state index contributed by atoms with van der Waals surface area (Å²) in [5, 5.41) is 12.4. The predicted molar refractivity (Wildman–Crippen MR) is 112 cm³/mol. The van der Waals surface area contributed by atoms with Crippen molar-refractivity contribution in [1.82, 2.24) is 15.6 Å². The van der Waals surface area contributed by atoms with Gasteiger partial charge in [-0.3, -0.25) is 15.5 Å². The van der Waals surface area contributed by atoms with E-state index in [2.05, 4.69) is 12.2 Å². The number of nitrogens with zero attached hydrogens (tertiary/aromatic N) is 1. The Morgan fingerprint density at radius 2 is 1.46 bits per heavy atom. The number of hydrazine groups is 1. The van der Waals surface area contributed by atoms with Gasteiger partial charge >= 0.3 is 6.03 Å². The Balaban J connectivity index is 2.21. The number of hydrogen-bond acceptors (Lipinski definition) is 5. The molecule has 0 bridgehead atoms. The van der Waals surface area contributed by atoms with E-state index in [-0.39, 0.29) is 12.4 Å². The minimum atomic E-state index is -0.673. The van der Waals surface area contributed by atoms with E-state index < -0.39 is 11.9 Å². The van der Waals surface area contributed by atoms with Crippen molar-refractivity contribution in [3.63, 3.8) is 0 Å². The quantitative estimate of drug-likeness (QED) is 0.126. The molecule has 1 rings (SSSR count). The largest absolute Gasteiger partial charge is 0.508 e. The van der Waals surface area contributed by atoms with Crippen molar-refractivity contribution in [3.8, 4) is 5.75 Å². The maximum absolute atomic E-state index is 12.5. The van der Waals surface area contributed by atoms with Crippen LogP contribution in [-0.2, 0) is 0 Å². The number of carbonyl (C=O) groups excluding carboxylic acids is 2. The lowest BCUT2D eigenvalue weighted by atomic mass is 10.1. The standard InChI is InChI=1S/C21H36N4O3/c1-2-3-4-5-6-7-8-9-10-11-16-23-17-25(21(28)24-22)20(27)18-12-14-19(26)15-13-18/h12-15,23,26H,2-11,16-17,22H2,1H3,(H,24,28). The minimum Gasteiger partial charge on any atom is -0.508 e. The Bertz CT molecular complexity index is 563. The topological polar surface area (TPSA) is 108 Å². The lowest BCUT2D eigenvalue weighted by Crippen LogP contribution is -2.50. The van der Waals surface area contributed by atoms with E-state index in [4.69, 9.17) is 5.84 Å². The summed E-state index contributed by atoms with van der Waals surface area (Å²) in [6.45, 7) is 3.05. The fourth-order valence-electron chi connectivity index (χ4n) is 3.00. The average molecular weight is 393 g/mol. The van der Waals surface area contributed by atoms with E-state index in [1.54, 1.807) is 0 Å². The van der Waals surface area contributed by atoms with E-state index in [0.29, 0.717) is 5.56 Å². The highest BCUT2D eigenvalue weighted by molar-refractivity contribution is 6.04. The van der Waals surface area contributed by atoms with Gasteiger partial charge in [0.05, 0.1) is 6.67 Å². The zero-order valence-electron chi connectivity index (χ0n) is 17.1. The number of benzene rings is 1. The third-order valence-corrected chi connectivity index (χ3v) is 4.71. The van der Waals surface area contributed by atoms with Crippen molar-refractivity contribution < 1.29 is 14.7 Å². The molecule has 0 aromatic heterocycles. The Kier molecular flexibility index (Phi) is 12.7. The summed E-state index contributed by atoms with van der Waals surface area (Å²) >= 11 is 0. The number of nitrogens with one attached hydrogen (secondary N) is 2. The van der Waals surface area contributed by atoms with Gasteiger partial charge in [-0.25, -0.2) is 15.5 Å². The molecule has 0 saturated carbocycles. The van der Waals surface area contributed by atoms with Crippen LogP contribution in [0.5, 0.6) is 5.75 Å². The lowest BCUT2D eigenvalue weighted by Gasteiger charge is -2.20. The van der Waals surface area contributed by atoms with Crippen LogP contribution < -0.4 is 16.6 Å². The summed E-state index contributed by atoms with van der Waals surface area (Å²) in [4.78, 5) is 25.4. The molecule has 0 aliphatic heterocycles. The summed E-state index contributed by atoms with van der Waals surface area (Å²) in [5.41, 5.74) is 2.30. The zero-order chi connectivity index (χ0) is 20.6. The molecular formula is C21H36N4O3. The maximum atomic E-state index is 12.5. The molecule has 1 aromatic rings. The first-order valence-corrected chi connectivity index (χ1v) is 10.4. The number of urea groups is 1. The van der Waals surface area contributed by atoms with E-state index in [1.165, 1.54) is 75.6 Å². The normalized spacial score (nSPS) is 10.6. The average Bonchev–Trinajstić information content (AvgIpc) is 2.71. The molecule has 7 heteroatoms. The third-order valence-electron chi connectivity index (χ3n) is 4.71. The van der Waals surface area contributed by atoms with Crippen molar-refractivity contribution in [1.29, 1.82) is 0 Å². The van der Waals surface area contributed by atoms with Gasteiger partial charge in [0.2, 0.25) is 0 Å². The molecule has 0 heterocycles. The fraction of sp³-hybridized carbons (Fsp3) is 0.619. The summed E-state index contributed by atoms with van der Waals surface area (Å²) < 4.78 is 0. The molecule has 0 unspecified atom stereocenters. The lowest BCUT2D eigenvalue weighted by molar-refractivity contribution is 0.0790. The molecule has 0 saturated heterocycles. The minimum absolute atomic E-state index is 0.0606. The van der Waals surface area contributed by atoms with Gasteiger partial charge < -0.3 is 5.11 Å². The van der Waals surface area contributed by atoms with Gasteiger partial charge in [0.25, 0.3) is 5.91 Å². The highest BCUT2D eigenvalue weighted by Crippen LogP contribution is 2.12. The first kappa shape index (κ1) is 23.9. The van der Waals surface area contributed by atoms with Gasteiger partial charge in [-0.2, -0.15) is 0 Å². The van der Waals surface area contributed by atoms with Crippen LogP contribution in [0.2, 0.25) is 0 Å². The third kappa shape index (κ3) is 9.71. The highest BCUT2D eigenvalue weighted by Gasteiger charge is 2.21. The Hall–Kier alpha value is -2.12. The Morgan fingerprint density at radius 3 is 2.00 bits per heavy atom. The number of unbranched alkanes of at least 4 members (excludes halogenated alkanes) is 9. The number of phenols is 1. The number of rotatable bonds is 14. The second-order valence-corrected chi connectivity index (χ2v) is 7.07. The van der Waals surface area contributed by atoms with Crippen LogP contribution >= 0.6 is 0 Å². The van der Waals surface area contributed by atoms with E-state index in [9.17, 15) is 14.7 Å².